The van der Waals surface area contributed by atoms with Crippen molar-refractivity contribution < 1.29 is 4.79 Å². The molecule has 0 saturated heterocycles. The zero-order valence-corrected chi connectivity index (χ0v) is 16.3. The molecule has 2 aromatic rings. The standard InChI is InChI=1S/C17H22N4OS.2ClH/c18-13-5-3-4-12(13)10-16(22)20-9-7-17-21-15(11-23-17)14-6-1-2-8-19-14;;/h1-2,6,8,11-13H,3-5,7,9-10,18H2,(H,20,22);2*1H/t12-,13+;;/m0../s1. The van der Waals surface area contributed by atoms with Crippen LogP contribution >= 0.6 is 36.2 Å². The van der Waals surface area contributed by atoms with Crippen LogP contribution in [-0.2, 0) is 11.2 Å². The van der Waals surface area contributed by atoms with Gasteiger partial charge in [0.25, 0.3) is 0 Å². The third kappa shape index (κ3) is 6.22. The van der Waals surface area contributed by atoms with Crippen molar-refractivity contribution >= 4 is 42.1 Å². The summed E-state index contributed by atoms with van der Waals surface area (Å²) in [5, 5.41) is 6.01. The first-order valence-corrected chi connectivity index (χ1v) is 8.98. The van der Waals surface area contributed by atoms with Crippen molar-refractivity contribution in [2.24, 2.45) is 11.7 Å². The second-order valence-electron chi connectivity index (χ2n) is 6.00. The highest BCUT2D eigenvalue weighted by atomic mass is 35.5. The van der Waals surface area contributed by atoms with Crippen LogP contribution in [0, 0.1) is 5.92 Å². The number of hydrogen-bond donors (Lipinski definition) is 2. The normalized spacial score (nSPS) is 18.9. The Morgan fingerprint density at radius 1 is 1.28 bits per heavy atom. The number of nitrogens with two attached hydrogens (primary N) is 1. The number of carbonyl (C=O) groups is 1. The molecule has 1 amide bonds. The van der Waals surface area contributed by atoms with Gasteiger partial charge in [0, 0.05) is 37.0 Å². The van der Waals surface area contributed by atoms with E-state index >= 15 is 0 Å². The van der Waals surface area contributed by atoms with E-state index < -0.39 is 0 Å². The second-order valence-corrected chi connectivity index (χ2v) is 6.94. The monoisotopic (exact) mass is 402 g/mol. The molecule has 2 atom stereocenters. The average molecular weight is 403 g/mol. The SMILES string of the molecule is Cl.Cl.N[C@@H]1CCC[C@H]1CC(=O)NCCc1nc(-c2ccccn2)cs1. The van der Waals surface area contributed by atoms with E-state index in [1.54, 1.807) is 17.5 Å². The van der Waals surface area contributed by atoms with E-state index in [-0.39, 0.29) is 36.8 Å². The molecule has 0 unspecified atom stereocenters. The van der Waals surface area contributed by atoms with Crippen LogP contribution < -0.4 is 11.1 Å². The lowest BCUT2D eigenvalue weighted by Gasteiger charge is -2.14. The highest BCUT2D eigenvalue weighted by Crippen LogP contribution is 2.26. The zero-order chi connectivity index (χ0) is 16.1. The van der Waals surface area contributed by atoms with E-state index in [1.165, 1.54) is 0 Å². The number of nitrogens with zero attached hydrogens (tertiary/aromatic N) is 2. The molecule has 0 aliphatic heterocycles. The molecule has 1 fully saturated rings. The molecule has 1 aliphatic carbocycles. The van der Waals surface area contributed by atoms with Crippen molar-refractivity contribution in [2.45, 2.75) is 38.1 Å². The summed E-state index contributed by atoms with van der Waals surface area (Å²) in [6.45, 7) is 0.621. The van der Waals surface area contributed by atoms with Gasteiger partial charge in [0.1, 0.15) is 0 Å². The van der Waals surface area contributed by atoms with Crippen LogP contribution in [0.4, 0.5) is 0 Å². The summed E-state index contributed by atoms with van der Waals surface area (Å²) in [4.78, 5) is 20.8. The van der Waals surface area contributed by atoms with Gasteiger partial charge in [-0.25, -0.2) is 4.98 Å². The summed E-state index contributed by atoms with van der Waals surface area (Å²) in [5.41, 5.74) is 7.79. The summed E-state index contributed by atoms with van der Waals surface area (Å²) in [5.74, 6) is 0.458. The quantitative estimate of drug-likeness (QED) is 0.776. The summed E-state index contributed by atoms with van der Waals surface area (Å²) in [7, 11) is 0. The molecule has 3 rings (SSSR count). The van der Waals surface area contributed by atoms with Gasteiger partial charge in [-0.05, 0) is 30.9 Å². The first kappa shape index (κ1) is 21.8. The third-order valence-corrected chi connectivity index (χ3v) is 5.21. The van der Waals surface area contributed by atoms with Gasteiger partial charge in [-0.3, -0.25) is 9.78 Å². The summed E-state index contributed by atoms with van der Waals surface area (Å²) in [6, 6.07) is 5.99. The van der Waals surface area contributed by atoms with Crippen LogP contribution in [0.3, 0.4) is 0 Å². The van der Waals surface area contributed by atoms with Gasteiger partial charge in [0.2, 0.25) is 5.91 Å². The summed E-state index contributed by atoms with van der Waals surface area (Å²) >= 11 is 1.61. The van der Waals surface area contributed by atoms with E-state index in [9.17, 15) is 4.79 Å². The molecule has 0 spiro atoms. The Balaban J connectivity index is 0.00000156. The van der Waals surface area contributed by atoms with Gasteiger partial charge in [-0.1, -0.05) is 12.5 Å². The van der Waals surface area contributed by atoms with Crippen molar-refractivity contribution in [3.63, 3.8) is 0 Å². The van der Waals surface area contributed by atoms with Gasteiger partial charge in [0.05, 0.1) is 16.4 Å². The van der Waals surface area contributed by atoms with Gasteiger partial charge in [-0.15, -0.1) is 36.2 Å². The molecular weight excluding hydrogens is 379 g/mol. The van der Waals surface area contributed by atoms with Crippen LogP contribution in [0.15, 0.2) is 29.8 Å². The minimum atomic E-state index is 0. The lowest BCUT2D eigenvalue weighted by atomic mass is 10.00. The van der Waals surface area contributed by atoms with Crippen molar-refractivity contribution in [1.29, 1.82) is 0 Å². The van der Waals surface area contributed by atoms with Crippen LogP contribution in [0.2, 0.25) is 0 Å². The number of pyridine rings is 1. The van der Waals surface area contributed by atoms with Crippen LogP contribution in [0.5, 0.6) is 0 Å². The van der Waals surface area contributed by atoms with Gasteiger partial charge < -0.3 is 11.1 Å². The Kier molecular flexibility index (Phi) is 9.35. The average Bonchev–Trinajstić information content (AvgIpc) is 3.18. The number of aromatic nitrogens is 2. The number of thiazole rings is 1. The van der Waals surface area contributed by atoms with E-state index in [0.717, 1.165) is 42.1 Å². The highest BCUT2D eigenvalue weighted by molar-refractivity contribution is 7.09. The number of halogens is 2. The highest BCUT2D eigenvalue weighted by Gasteiger charge is 2.25. The topological polar surface area (TPSA) is 80.9 Å². The molecule has 1 saturated carbocycles. The van der Waals surface area contributed by atoms with Crippen molar-refractivity contribution in [2.75, 3.05) is 6.54 Å². The molecule has 1 aliphatic rings. The maximum atomic E-state index is 12.0. The number of amides is 1. The van der Waals surface area contributed by atoms with Crippen LogP contribution in [0.25, 0.3) is 11.4 Å². The summed E-state index contributed by atoms with van der Waals surface area (Å²) < 4.78 is 0. The Hall–Kier alpha value is -1.21. The first-order valence-electron chi connectivity index (χ1n) is 8.10. The van der Waals surface area contributed by atoms with E-state index in [1.807, 2.05) is 23.6 Å². The van der Waals surface area contributed by atoms with Gasteiger partial charge >= 0.3 is 0 Å². The predicted molar refractivity (Wildman–Crippen MR) is 106 cm³/mol. The minimum Gasteiger partial charge on any atom is -0.356 e. The van der Waals surface area contributed by atoms with Crippen LogP contribution in [0.1, 0.15) is 30.7 Å². The molecule has 5 nitrogen and oxygen atoms in total. The maximum absolute atomic E-state index is 12.0. The lowest BCUT2D eigenvalue weighted by Crippen LogP contribution is -2.32. The van der Waals surface area contributed by atoms with Gasteiger partial charge in [-0.2, -0.15) is 0 Å². The molecule has 2 aromatic heterocycles. The largest absolute Gasteiger partial charge is 0.356 e. The molecule has 3 N–H and O–H groups in total. The van der Waals surface area contributed by atoms with Crippen LogP contribution in [-0.4, -0.2) is 28.5 Å². The predicted octanol–water partition coefficient (Wildman–Crippen LogP) is 3.22. The smallest absolute Gasteiger partial charge is 0.220 e. The fourth-order valence-electron chi connectivity index (χ4n) is 3.00. The second kappa shape index (κ2) is 10.7. The third-order valence-electron chi connectivity index (χ3n) is 4.31. The molecule has 2 heterocycles. The minimum absolute atomic E-state index is 0. The number of rotatable bonds is 6. The molecule has 8 heteroatoms. The molecule has 25 heavy (non-hydrogen) atoms. The Labute approximate surface area is 164 Å². The van der Waals surface area contributed by atoms with Crippen molar-refractivity contribution in [1.82, 2.24) is 15.3 Å². The Bertz CT molecular complexity index is 653. The lowest BCUT2D eigenvalue weighted by molar-refractivity contribution is -0.122. The first-order chi connectivity index (χ1) is 11.2. The number of nitrogens with one attached hydrogen (secondary N) is 1. The molecule has 138 valence electrons. The zero-order valence-electron chi connectivity index (χ0n) is 13.9. The van der Waals surface area contributed by atoms with Crippen molar-refractivity contribution in [3.8, 4) is 11.4 Å². The number of carbonyl (C=O) groups excluding carboxylic acids is 1. The van der Waals surface area contributed by atoms with Crippen molar-refractivity contribution in [3.05, 3.63) is 34.8 Å². The van der Waals surface area contributed by atoms with Gasteiger partial charge in [0.15, 0.2) is 0 Å². The van der Waals surface area contributed by atoms with E-state index in [4.69, 9.17) is 5.73 Å². The molecule has 0 aromatic carbocycles. The Morgan fingerprint density at radius 3 is 2.80 bits per heavy atom. The maximum Gasteiger partial charge on any atom is 0.220 e. The Morgan fingerprint density at radius 2 is 2.12 bits per heavy atom. The fourth-order valence-corrected chi connectivity index (χ4v) is 3.79. The summed E-state index contributed by atoms with van der Waals surface area (Å²) in [6.07, 6.45) is 6.34. The molecular formula is C17H24Cl2N4OS. The van der Waals surface area contributed by atoms with E-state index in [0.29, 0.717) is 18.9 Å². The molecule has 0 radical (unpaired) electrons. The van der Waals surface area contributed by atoms with E-state index in [2.05, 4.69) is 15.3 Å². The fraction of sp³-hybridized carbons (Fsp3) is 0.471. The molecule has 0 bridgehead atoms. The number of hydrogen-bond acceptors (Lipinski definition) is 5.